The molecule has 0 N–H and O–H groups in total. The topological polar surface area (TPSA) is 46.6 Å². The van der Waals surface area contributed by atoms with Gasteiger partial charge in [0, 0.05) is 16.3 Å². The van der Waals surface area contributed by atoms with Gasteiger partial charge in [0.1, 0.15) is 6.04 Å². The van der Waals surface area contributed by atoms with Crippen molar-refractivity contribution in [2.24, 2.45) is 11.8 Å². The van der Waals surface area contributed by atoms with E-state index in [-0.39, 0.29) is 23.2 Å². The summed E-state index contributed by atoms with van der Waals surface area (Å²) in [5, 5.41) is 0.568. The monoisotopic (exact) mass is 383 g/mol. The molecule has 4 nitrogen and oxygen atoms in total. The number of carbonyl (C=O) groups is 2. The quantitative estimate of drug-likeness (QED) is 0.680. The molecule has 1 aliphatic rings. The van der Waals surface area contributed by atoms with Crippen LogP contribution in [0.2, 0.25) is 5.02 Å². The van der Waals surface area contributed by atoms with Crippen LogP contribution in [0.1, 0.15) is 44.5 Å². The molecule has 0 aliphatic carbocycles. The molecule has 138 valence electrons. The van der Waals surface area contributed by atoms with Crippen LogP contribution in [0, 0.1) is 11.8 Å². The van der Waals surface area contributed by atoms with E-state index in [1.165, 1.54) is 0 Å². The fourth-order valence-corrected chi connectivity index (χ4v) is 4.44. The van der Waals surface area contributed by atoms with Gasteiger partial charge in [0.25, 0.3) is 5.91 Å². The number of nitrogens with zero attached hydrogens (tertiary/aromatic N) is 1. The van der Waals surface area contributed by atoms with Crippen molar-refractivity contribution in [1.82, 2.24) is 4.90 Å². The lowest BCUT2D eigenvalue weighted by Gasteiger charge is -2.29. The van der Waals surface area contributed by atoms with Crippen molar-refractivity contribution in [2.75, 3.05) is 12.4 Å². The lowest BCUT2D eigenvalue weighted by molar-refractivity contribution is -0.149. The minimum Gasteiger partial charge on any atom is -0.464 e. The lowest BCUT2D eigenvalue weighted by atomic mass is 10.1. The van der Waals surface area contributed by atoms with Crippen LogP contribution in [0.25, 0.3) is 0 Å². The van der Waals surface area contributed by atoms with Crippen LogP contribution in [-0.2, 0) is 9.53 Å². The highest BCUT2D eigenvalue weighted by molar-refractivity contribution is 8.00. The first kappa shape index (κ1) is 20.1. The van der Waals surface area contributed by atoms with Gasteiger partial charge in [-0.25, -0.2) is 4.79 Å². The number of benzene rings is 1. The number of carbonyl (C=O) groups excluding carboxylic acids is 2. The Morgan fingerprint density at radius 1 is 1.20 bits per heavy atom. The van der Waals surface area contributed by atoms with Crippen molar-refractivity contribution >= 4 is 35.2 Å². The molecular formula is C19H26ClNO3S. The van der Waals surface area contributed by atoms with E-state index in [2.05, 4.69) is 13.8 Å². The minimum absolute atomic E-state index is 0.0141. The number of hydrogen-bond acceptors (Lipinski definition) is 4. The first-order valence-corrected chi connectivity index (χ1v) is 10.1. The minimum atomic E-state index is -0.532. The third kappa shape index (κ3) is 5.38. The Kier molecular flexibility index (Phi) is 7.20. The van der Waals surface area contributed by atoms with E-state index in [9.17, 15) is 9.59 Å². The van der Waals surface area contributed by atoms with E-state index >= 15 is 0 Å². The summed E-state index contributed by atoms with van der Waals surface area (Å²) in [6.45, 7) is 8.60. The first-order chi connectivity index (χ1) is 11.8. The molecule has 0 saturated carbocycles. The molecule has 1 heterocycles. The van der Waals surface area contributed by atoms with Gasteiger partial charge < -0.3 is 9.64 Å². The number of halogens is 1. The fourth-order valence-electron chi connectivity index (χ4n) is 2.69. The normalized spacial score (nSPS) is 20.4. The summed E-state index contributed by atoms with van der Waals surface area (Å²) >= 11 is 7.57. The fraction of sp³-hybridized carbons (Fsp3) is 0.579. The number of esters is 1. The highest BCUT2D eigenvalue weighted by Gasteiger charge is 2.42. The molecule has 0 radical (unpaired) electrons. The Balaban J connectivity index is 2.22. The Labute approximate surface area is 159 Å². The molecule has 2 atom stereocenters. The van der Waals surface area contributed by atoms with Crippen molar-refractivity contribution < 1.29 is 14.3 Å². The molecule has 1 saturated heterocycles. The second-order valence-corrected chi connectivity index (χ2v) is 8.82. The van der Waals surface area contributed by atoms with Gasteiger partial charge in [-0.05, 0) is 42.5 Å². The third-order valence-corrected chi connectivity index (χ3v) is 5.49. The van der Waals surface area contributed by atoms with E-state index in [1.54, 1.807) is 40.9 Å². The second-order valence-electron chi connectivity index (χ2n) is 7.18. The van der Waals surface area contributed by atoms with Crippen LogP contribution < -0.4 is 0 Å². The summed E-state index contributed by atoms with van der Waals surface area (Å²) < 4.78 is 5.41. The smallest absolute Gasteiger partial charge is 0.329 e. The zero-order chi connectivity index (χ0) is 18.6. The highest BCUT2D eigenvalue weighted by Crippen LogP contribution is 2.35. The maximum absolute atomic E-state index is 13.1. The standard InChI is InChI=1S/C19H26ClNO3S/c1-12(2)9-17-21(18(22)14-5-7-15(20)8-6-14)16(11-25-17)19(23)24-10-13(3)4/h5-8,12-13,16-17H,9-11H2,1-4H3. The van der Waals surface area contributed by atoms with Crippen LogP contribution >= 0.6 is 23.4 Å². The molecular weight excluding hydrogens is 358 g/mol. The zero-order valence-electron chi connectivity index (χ0n) is 15.2. The highest BCUT2D eigenvalue weighted by atomic mass is 35.5. The summed E-state index contributed by atoms with van der Waals surface area (Å²) in [7, 11) is 0. The molecule has 0 bridgehead atoms. The van der Waals surface area contributed by atoms with Gasteiger partial charge in [-0.2, -0.15) is 0 Å². The number of hydrogen-bond donors (Lipinski definition) is 0. The van der Waals surface area contributed by atoms with Gasteiger partial charge in [0.2, 0.25) is 0 Å². The molecule has 1 aromatic rings. The van der Waals surface area contributed by atoms with Crippen LogP contribution in [0.4, 0.5) is 0 Å². The predicted molar refractivity (Wildman–Crippen MR) is 103 cm³/mol. The molecule has 25 heavy (non-hydrogen) atoms. The summed E-state index contributed by atoms with van der Waals surface area (Å²) in [5.41, 5.74) is 0.544. The summed E-state index contributed by atoms with van der Waals surface area (Å²) in [6, 6.07) is 6.27. The maximum atomic E-state index is 13.1. The van der Waals surface area contributed by atoms with Gasteiger partial charge in [0.05, 0.1) is 12.0 Å². The summed E-state index contributed by atoms with van der Waals surface area (Å²) in [4.78, 5) is 27.3. The predicted octanol–water partition coefficient (Wildman–Crippen LogP) is 4.47. The van der Waals surface area contributed by atoms with E-state index in [1.807, 2.05) is 13.8 Å². The van der Waals surface area contributed by atoms with Gasteiger partial charge >= 0.3 is 5.97 Å². The Bertz CT molecular complexity index is 603. The molecule has 1 aromatic carbocycles. The van der Waals surface area contributed by atoms with Crippen LogP contribution in [0.5, 0.6) is 0 Å². The van der Waals surface area contributed by atoms with Gasteiger partial charge in [-0.1, -0.05) is 39.3 Å². The molecule has 0 aromatic heterocycles. The number of rotatable bonds is 6. The zero-order valence-corrected chi connectivity index (χ0v) is 16.8. The number of amides is 1. The number of ether oxygens (including phenoxy) is 1. The molecule has 2 rings (SSSR count). The van der Waals surface area contributed by atoms with E-state index in [4.69, 9.17) is 16.3 Å². The van der Waals surface area contributed by atoms with Crippen molar-refractivity contribution in [1.29, 1.82) is 0 Å². The van der Waals surface area contributed by atoms with E-state index in [0.717, 1.165) is 6.42 Å². The maximum Gasteiger partial charge on any atom is 0.329 e. The van der Waals surface area contributed by atoms with Crippen molar-refractivity contribution in [3.63, 3.8) is 0 Å². The van der Waals surface area contributed by atoms with Crippen LogP contribution in [0.3, 0.4) is 0 Å². The third-order valence-electron chi connectivity index (χ3n) is 3.92. The summed E-state index contributed by atoms with van der Waals surface area (Å²) in [5.74, 6) is 0.829. The molecule has 2 unspecified atom stereocenters. The largest absolute Gasteiger partial charge is 0.464 e. The van der Waals surface area contributed by atoms with Gasteiger partial charge in [0.15, 0.2) is 0 Å². The van der Waals surface area contributed by atoms with Crippen LogP contribution in [0.15, 0.2) is 24.3 Å². The van der Waals surface area contributed by atoms with Gasteiger partial charge in [-0.3, -0.25) is 4.79 Å². The molecule has 1 amide bonds. The van der Waals surface area contributed by atoms with Gasteiger partial charge in [-0.15, -0.1) is 11.8 Å². The SMILES string of the molecule is CC(C)COC(=O)C1CSC(CC(C)C)N1C(=O)c1ccc(Cl)cc1. The average Bonchev–Trinajstić information content (AvgIpc) is 2.95. The van der Waals surface area contributed by atoms with Crippen molar-refractivity contribution in [2.45, 2.75) is 45.5 Å². The molecule has 6 heteroatoms. The Morgan fingerprint density at radius 2 is 1.84 bits per heavy atom. The van der Waals surface area contributed by atoms with E-state index < -0.39 is 6.04 Å². The summed E-state index contributed by atoms with van der Waals surface area (Å²) in [6.07, 6.45) is 0.845. The van der Waals surface area contributed by atoms with Crippen LogP contribution in [-0.4, -0.2) is 40.6 Å². The molecule has 1 fully saturated rings. The first-order valence-electron chi connectivity index (χ1n) is 8.66. The van der Waals surface area contributed by atoms with Crippen molar-refractivity contribution in [3.8, 4) is 0 Å². The number of thioether (sulfide) groups is 1. The lowest BCUT2D eigenvalue weighted by Crippen LogP contribution is -2.46. The van der Waals surface area contributed by atoms with Crippen molar-refractivity contribution in [3.05, 3.63) is 34.9 Å². The molecule has 0 spiro atoms. The van der Waals surface area contributed by atoms with E-state index in [0.29, 0.717) is 28.9 Å². The Morgan fingerprint density at radius 3 is 2.40 bits per heavy atom. The Hall–Kier alpha value is -1.20. The average molecular weight is 384 g/mol. The second kappa shape index (κ2) is 8.95. The molecule has 1 aliphatic heterocycles.